The van der Waals surface area contributed by atoms with Crippen LogP contribution in [0.25, 0.3) is 88.1 Å². The van der Waals surface area contributed by atoms with Crippen molar-refractivity contribution in [1.29, 1.82) is 0 Å². The third kappa shape index (κ3) is 22.2. The van der Waals surface area contributed by atoms with Gasteiger partial charge in [-0.1, -0.05) is 95.6 Å². The van der Waals surface area contributed by atoms with Crippen LogP contribution in [-0.4, -0.2) is 245 Å². The monoisotopic (exact) mass is 2060 g/mol. The van der Waals surface area contributed by atoms with Crippen LogP contribution in [0.15, 0.2) is 214 Å². The van der Waals surface area contributed by atoms with Gasteiger partial charge in [0.05, 0.1) is 95.7 Å². The minimum absolute atomic E-state index is 0.0107. The number of aryl methyl sites for hydroxylation is 4. The number of carbonyl (C=O) groups excluding carboxylic acids is 3. The summed E-state index contributed by atoms with van der Waals surface area (Å²) < 4.78 is 139. The normalized spacial score (nSPS) is 16.2. The lowest BCUT2D eigenvalue weighted by molar-refractivity contribution is -0.132. The summed E-state index contributed by atoms with van der Waals surface area (Å²) >= 11 is 0. The van der Waals surface area contributed by atoms with E-state index in [2.05, 4.69) is 59.3 Å². The molecule has 5 aliphatic heterocycles. The first-order valence-electron chi connectivity index (χ1n) is 50.3. The van der Waals surface area contributed by atoms with Gasteiger partial charge in [-0.05, 0) is 147 Å². The number of aromatic nitrogens is 16. The first kappa shape index (κ1) is 99.4. The van der Waals surface area contributed by atoms with Gasteiger partial charge in [-0.15, -0.1) is 0 Å². The quantitative estimate of drug-likeness (QED) is 0.0581. The number of nitrogens with zero attached hydrogens (tertiary/aromatic N) is 23. The number of morpholine rings is 1. The topological polar surface area (TPSA) is 351 Å². The lowest BCUT2D eigenvalue weighted by atomic mass is 10.0. The molecule has 5 saturated heterocycles. The van der Waals surface area contributed by atoms with Crippen LogP contribution in [0.4, 0.5) is 54.9 Å². The Morgan fingerprint density at radius 3 is 1.05 bits per heavy atom. The Morgan fingerprint density at radius 1 is 0.393 bits per heavy atom. The summed E-state index contributed by atoms with van der Waals surface area (Å²) in [6, 6.07) is 42.3. The van der Waals surface area contributed by atoms with E-state index in [1.165, 1.54) is 38.3 Å². The first-order valence-corrected chi connectivity index (χ1v) is 48.8. The average Bonchev–Trinajstić information content (AvgIpc) is 1.59. The van der Waals surface area contributed by atoms with Crippen LogP contribution in [0.3, 0.4) is 0 Å². The van der Waals surface area contributed by atoms with E-state index in [0.717, 1.165) is 85.4 Å². The van der Waals surface area contributed by atoms with E-state index in [1.54, 1.807) is 159 Å². The zero-order chi connectivity index (χ0) is 108. The SMILES string of the molecule is CC(=O)N1CCN(c2ncc(-c3ccc4c(=O)n(C)n(Cc5cc(C)ccc5OC(F)F)c4c3)cn2)C[C@@H]1C.CC(=O)N1CCN(c2ncc(-c3ccc4c(=O)n(C)n(Cc5cc(C)ccc5OC(F)F)c4c3)cn2)C[C@H]1C.Cc1ccc(CO)cc1Cn1c2cc(-c3cnc(N4CCOCC4)nc3)ccc2c(=O)n1C.[2H]C([2H])([2H])n1c(=O)c2ccc(-c3cnc(N4CCN5C(=O)OC[C@H]5C4)nc3)cc2n1Cc1cc(C)ccc1OC(F)F. The zero-order valence-corrected chi connectivity index (χ0v) is 84.3. The molecular weight excluding hydrogens is 1940 g/mol. The number of halogens is 6. The van der Waals surface area contributed by atoms with Gasteiger partial charge in [0.15, 0.2) is 0 Å². The van der Waals surface area contributed by atoms with Gasteiger partial charge in [0.25, 0.3) is 22.2 Å². The molecule has 8 aromatic carbocycles. The van der Waals surface area contributed by atoms with E-state index >= 15 is 0 Å². The number of ether oxygens (including phenoxy) is 5. The largest absolute Gasteiger partial charge is 0.447 e. The molecule has 0 aliphatic carbocycles. The second-order valence-electron chi connectivity index (χ2n) is 37.7. The molecule has 8 aromatic heterocycles. The van der Waals surface area contributed by atoms with E-state index in [4.69, 9.17) is 23.1 Å². The summed E-state index contributed by atoms with van der Waals surface area (Å²) in [5, 5.41) is 11.4. The van der Waals surface area contributed by atoms with E-state index in [0.29, 0.717) is 169 Å². The van der Waals surface area contributed by atoms with Crippen molar-refractivity contribution < 1.29 is 73.6 Å². The molecule has 16 aromatic rings. The standard InChI is InChI=1S/2C28H30F2N6O3.C27H26F2N6O4.C25H27N5O3/c2*1-17-5-8-25(39-27(29)30)21(11-17)16-36-24-12-20(6-7-23(24)26(38)33(36)4)22-13-31-28(32-14-22)34-9-10-35(19(3)37)18(2)15-34;1-16-3-6-23(39-25(28)29)18(9-16)13-35-22-10-17(4-5-21(22)24(36)32(35)2)19-11-30-26(31-12-19)33-7-8-34-20(14-33)15-38-27(34)37;1-17-3-4-18(16-31)11-20(17)15-30-23-12-19(5-6-22(23)24(32)28(30)2)21-13-26-25(27-14-21)29-7-9-33-10-8-29/h2*5-8,11-14,18,27H,9-10,15-16H2,1-4H3;3-6,9-12,20,25H,7-8,13-15H2,1-2H3;3-6,11-14,31H,7-10,15-16H2,1-2H3/t2*18-;20-;/m101./s1/i;;2D3;. The summed E-state index contributed by atoms with van der Waals surface area (Å²) in [7, 11) is 5.08. The molecule has 0 saturated carbocycles. The molecule has 13 heterocycles. The Morgan fingerprint density at radius 2 is 0.720 bits per heavy atom. The molecule has 5 fully saturated rings. The molecule has 0 radical (unpaired) electrons. The molecule has 3 atom stereocenters. The summed E-state index contributed by atoms with van der Waals surface area (Å²) in [5.41, 5.74) is 14.5. The second-order valence-corrected chi connectivity index (χ2v) is 37.7. The number of piperazine rings is 3. The molecule has 21 rings (SSSR count). The van der Waals surface area contributed by atoms with Crippen LogP contribution in [0.5, 0.6) is 17.2 Å². The number of rotatable bonds is 23. The molecule has 780 valence electrons. The van der Waals surface area contributed by atoms with Crippen LogP contribution in [0.2, 0.25) is 0 Å². The summed E-state index contributed by atoms with van der Waals surface area (Å²) in [6.45, 7) is 12.3. The Kier molecular flexibility index (Phi) is 29.3. The number of hydrogen-bond acceptors (Lipinski definition) is 25. The van der Waals surface area contributed by atoms with Gasteiger partial charge in [0.1, 0.15) is 23.9 Å². The van der Waals surface area contributed by atoms with Crippen molar-refractivity contribution in [2.24, 2.45) is 28.1 Å². The van der Waals surface area contributed by atoms with Gasteiger partial charge in [-0.2, -0.15) is 26.3 Å². The number of anilines is 4. The fourth-order valence-electron chi connectivity index (χ4n) is 19.8. The number of fused-ring (bicyclic) bond motifs is 5. The number of aliphatic hydroxyl groups is 1. The highest BCUT2D eigenvalue weighted by atomic mass is 19.3. The summed E-state index contributed by atoms with van der Waals surface area (Å²) in [6.07, 6.45) is 13.6. The Balaban J connectivity index is 0.000000133. The number of hydrogen-bond donors (Lipinski definition) is 1. The van der Waals surface area contributed by atoms with Gasteiger partial charge >= 0.3 is 25.9 Å². The van der Waals surface area contributed by atoms with E-state index in [9.17, 15) is 65.0 Å². The summed E-state index contributed by atoms with van der Waals surface area (Å²) in [5.74, 6) is 2.55. The molecule has 42 heteroatoms. The van der Waals surface area contributed by atoms with Crippen LogP contribution < -0.4 is 56.0 Å². The third-order valence-electron chi connectivity index (χ3n) is 27.8. The fraction of sp³-hybridized carbons (Fsp3) is 0.343. The van der Waals surface area contributed by atoms with Crippen LogP contribution in [0.1, 0.15) is 81.9 Å². The van der Waals surface area contributed by atoms with Gasteiger partial charge in [0, 0.05) is 219 Å². The first-order chi connectivity index (χ1) is 73.3. The molecule has 3 amide bonds. The van der Waals surface area contributed by atoms with E-state index < -0.39 is 32.4 Å². The van der Waals surface area contributed by atoms with Crippen LogP contribution >= 0.6 is 0 Å². The maximum absolute atomic E-state index is 13.2. The lowest BCUT2D eigenvalue weighted by Crippen LogP contribution is -2.53. The van der Waals surface area contributed by atoms with Crippen LogP contribution in [-0.2, 0) is 80.0 Å². The lowest BCUT2D eigenvalue weighted by Gasteiger charge is -2.39. The van der Waals surface area contributed by atoms with Crippen molar-refractivity contribution in [1.82, 2.24) is 92.0 Å². The smallest absolute Gasteiger partial charge is 0.410 e. The molecule has 1 N–H and O–H groups in total. The maximum Gasteiger partial charge on any atom is 0.410 e. The highest BCUT2D eigenvalue weighted by Gasteiger charge is 2.39. The number of amides is 3. The van der Waals surface area contributed by atoms with E-state index in [1.807, 2.05) is 127 Å². The highest BCUT2D eigenvalue weighted by Crippen LogP contribution is 2.36. The van der Waals surface area contributed by atoms with Gasteiger partial charge in [-0.25, -0.2) is 44.7 Å². The second kappa shape index (κ2) is 44.3. The fourth-order valence-corrected chi connectivity index (χ4v) is 19.8. The van der Waals surface area contributed by atoms with Crippen molar-refractivity contribution in [3.8, 4) is 61.8 Å². The highest BCUT2D eigenvalue weighted by molar-refractivity contribution is 5.88. The van der Waals surface area contributed by atoms with Gasteiger partial charge in [-0.3, -0.25) is 71.1 Å². The van der Waals surface area contributed by atoms with Gasteiger partial charge in [0.2, 0.25) is 35.6 Å². The van der Waals surface area contributed by atoms with Crippen molar-refractivity contribution in [2.75, 3.05) is 111 Å². The minimum Gasteiger partial charge on any atom is -0.447 e. The van der Waals surface area contributed by atoms with Crippen molar-refractivity contribution in [2.45, 2.75) is 126 Å². The third-order valence-corrected chi connectivity index (χ3v) is 27.8. The molecule has 150 heavy (non-hydrogen) atoms. The zero-order valence-electron chi connectivity index (χ0n) is 87.3. The molecule has 36 nitrogen and oxygen atoms in total. The Hall–Kier alpha value is -16.5. The van der Waals surface area contributed by atoms with Gasteiger partial charge < -0.3 is 58.2 Å². The van der Waals surface area contributed by atoms with Crippen molar-refractivity contribution >= 4 is 85.3 Å². The van der Waals surface area contributed by atoms with Crippen molar-refractivity contribution in [3.63, 3.8) is 0 Å². The Bertz CT molecular complexity index is 7880. The van der Waals surface area contributed by atoms with Crippen molar-refractivity contribution in [3.05, 3.63) is 287 Å². The molecule has 0 spiro atoms. The average molecular weight is 2060 g/mol. The molecule has 0 bridgehead atoms. The number of carbonyl (C=O) groups is 3. The molecule has 5 aliphatic rings. The number of cyclic esters (lactones) is 1. The maximum atomic E-state index is 13.2. The molecular formula is C108H113F6N23O13. The number of aliphatic hydroxyl groups excluding tert-OH is 1. The minimum atomic E-state index is -3.08. The number of benzene rings is 8. The predicted molar refractivity (Wildman–Crippen MR) is 555 cm³/mol. The Labute approximate surface area is 860 Å². The van der Waals surface area contributed by atoms with E-state index in [-0.39, 0.29) is 107 Å². The summed E-state index contributed by atoms with van der Waals surface area (Å²) in [4.78, 5) is 137. The predicted octanol–water partition coefficient (Wildman–Crippen LogP) is 13.5. The van der Waals surface area contributed by atoms with Crippen LogP contribution in [0, 0.1) is 27.7 Å². The number of alkyl halides is 6. The molecule has 0 unspecified atom stereocenters.